The summed E-state index contributed by atoms with van der Waals surface area (Å²) in [5.41, 5.74) is 3.99. The van der Waals surface area contributed by atoms with Crippen molar-refractivity contribution in [2.45, 2.75) is 20.8 Å². The van der Waals surface area contributed by atoms with Crippen LogP contribution in [-0.2, 0) is 0 Å². The molecule has 0 bridgehead atoms. The summed E-state index contributed by atoms with van der Waals surface area (Å²) in [6.45, 7) is 14.5. The standard InChI is InChI=1S/C30H28N6O3/c1-6-36(5)22-16-17-24(20(3)18-22)34-35-27-25(28(37)32-23-15-11-10-12-19(23)2)26(31-4)29(33-27)39-30(38)21-13-8-7-9-14-21/h7-18,33H,6H2,1-3,5H3,(H,32,37). The van der Waals surface area contributed by atoms with Gasteiger partial charge in [0.05, 0.1) is 23.4 Å². The van der Waals surface area contributed by atoms with Crippen LogP contribution in [0.25, 0.3) is 4.85 Å². The molecule has 1 amide bonds. The van der Waals surface area contributed by atoms with Gasteiger partial charge in [-0.25, -0.2) is 9.64 Å². The summed E-state index contributed by atoms with van der Waals surface area (Å²) in [5, 5.41) is 11.5. The van der Waals surface area contributed by atoms with Crippen LogP contribution in [0.15, 0.2) is 83.0 Å². The summed E-state index contributed by atoms with van der Waals surface area (Å²) in [6, 6.07) is 21.4. The highest BCUT2D eigenvalue weighted by molar-refractivity contribution is 6.13. The van der Waals surface area contributed by atoms with E-state index < -0.39 is 11.9 Å². The Hall–Kier alpha value is -5.23. The molecule has 1 aromatic heterocycles. The Kier molecular flexibility index (Phi) is 8.17. The Morgan fingerprint density at radius 1 is 1.00 bits per heavy atom. The maximum atomic E-state index is 13.4. The third-order valence-corrected chi connectivity index (χ3v) is 6.21. The highest BCUT2D eigenvalue weighted by atomic mass is 16.5. The third kappa shape index (κ3) is 6.02. The molecule has 0 saturated heterocycles. The van der Waals surface area contributed by atoms with E-state index in [1.54, 1.807) is 42.5 Å². The molecule has 0 radical (unpaired) electrons. The van der Waals surface area contributed by atoms with Gasteiger partial charge in [0.15, 0.2) is 5.82 Å². The topological polar surface area (TPSA) is 104 Å². The summed E-state index contributed by atoms with van der Waals surface area (Å²) < 4.78 is 5.50. The normalized spacial score (nSPS) is 10.7. The number of H-pyrrole nitrogens is 1. The number of aromatic nitrogens is 1. The number of benzene rings is 3. The number of azo groups is 1. The molecule has 196 valence electrons. The fourth-order valence-electron chi connectivity index (χ4n) is 3.83. The number of aryl methyl sites for hydroxylation is 2. The second-order valence-corrected chi connectivity index (χ2v) is 8.85. The van der Waals surface area contributed by atoms with Gasteiger partial charge in [0.1, 0.15) is 0 Å². The molecule has 0 aliphatic heterocycles. The molecule has 0 spiro atoms. The van der Waals surface area contributed by atoms with Gasteiger partial charge in [-0.2, -0.15) is 0 Å². The van der Waals surface area contributed by atoms with Crippen molar-refractivity contribution in [1.29, 1.82) is 0 Å². The number of nitrogens with zero attached hydrogens (tertiary/aromatic N) is 4. The average Bonchev–Trinajstić information content (AvgIpc) is 3.30. The number of amides is 1. The minimum atomic E-state index is -0.678. The Bertz CT molecular complexity index is 1580. The van der Waals surface area contributed by atoms with Gasteiger partial charge in [0.25, 0.3) is 5.69 Å². The lowest BCUT2D eigenvalue weighted by atomic mass is 10.1. The van der Waals surface area contributed by atoms with Crippen molar-refractivity contribution in [3.05, 3.63) is 106 Å². The molecule has 3 aromatic carbocycles. The first-order valence-electron chi connectivity index (χ1n) is 12.3. The van der Waals surface area contributed by atoms with E-state index in [1.807, 2.05) is 51.2 Å². The fraction of sp³-hybridized carbons (Fsp3) is 0.167. The molecule has 4 aromatic rings. The van der Waals surface area contributed by atoms with Crippen LogP contribution in [0.4, 0.5) is 28.6 Å². The van der Waals surface area contributed by atoms with E-state index in [0.717, 1.165) is 23.4 Å². The maximum absolute atomic E-state index is 13.4. The Morgan fingerprint density at radius 3 is 2.38 bits per heavy atom. The molecule has 4 rings (SSSR count). The van der Waals surface area contributed by atoms with Crippen LogP contribution >= 0.6 is 0 Å². The van der Waals surface area contributed by atoms with Crippen LogP contribution in [-0.4, -0.2) is 30.5 Å². The largest absolute Gasteiger partial charge is 0.416 e. The second-order valence-electron chi connectivity index (χ2n) is 8.85. The highest BCUT2D eigenvalue weighted by Crippen LogP contribution is 2.40. The lowest BCUT2D eigenvalue weighted by molar-refractivity contribution is 0.0729. The molecule has 2 N–H and O–H groups in total. The number of para-hydroxylation sites is 1. The molecule has 9 nitrogen and oxygen atoms in total. The highest BCUT2D eigenvalue weighted by Gasteiger charge is 2.27. The van der Waals surface area contributed by atoms with Gasteiger partial charge in [0.2, 0.25) is 11.8 Å². The first kappa shape index (κ1) is 26.8. The van der Waals surface area contributed by atoms with Crippen molar-refractivity contribution >= 4 is 40.4 Å². The van der Waals surface area contributed by atoms with Gasteiger partial charge in [-0.15, -0.1) is 10.2 Å². The molecular formula is C30H28N6O3. The molecule has 9 heteroatoms. The summed E-state index contributed by atoms with van der Waals surface area (Å²) in [5.74, 6) is -1.45. The monoisotopic (exact) mass is 520 g/mol. The van der Waals surface area contributed by atoms with Crippen molar-refractivity contribution in [1.82, 2.24) is 4.98 Å². The number of hydrogen-bond donors (Lipinski definition) is 2. The lowest BCUT2D eigenvalue weighted by Gasteiger charge is -2.17. The Morgan fingerprint density at radius 2 is 1.72 bits per heavy atom. The minimum Gasteiger partial charge on any atom is -0.416 e. The number of esters is 1. The third-order valence-electron chi connectivity index (χ3n) is 6.21. The average molecular weight is 521 g/mol. The SMILES string of the molecule is [C-]#[N+]c1c(OC(=O)c2ccccc2)[nH]c(N=Nc2ccc(N(C)CC)cc2C)c1C(=O)Nc1ccccc1C. The number of anilines is 2. The minimum absolute atomic E-state index is 0.00269. The van der Waals surface area contributed by atoms with Gasteiger partial charge in [0, 0.05) is 25.0 Å². The van der Waals surface area contributed by atoms with E-state index in [9.17, 15) is 9.59 Å². The summed E-state index contributed by atoms with van der Waals surface area (Å²) in [6.07, 6.45) is 0. The van der Waals surface area contributed by atoms with Crippen LogP contribution in [0.5, 0.6) is 5.88 Å². The van der Waals surface area contributed by atoms with Gasteiger partial charge in [-0.1, -0.05) is 36.4 Å². The van der Waals surface area contributed by atoms with E-state index in [0.29, 0.717) is 16.9 Å². The number of ether oxygens (including phenoxy) is 1. The zero-order chi connectivity index (χ0) is 27.9. The number of hydrogen-bond acceptors (Lipinski definition) is 6. The van der Waals surface area contributed by atoms with Gasteiger partial charge in [-0.3, -0.25) is 4.79 Å². The zero-order valence-electron chi connectivity index (χ0n) is 22.1. The second kappa shape index (κ2) is 11.9. The van der Waals surface area contributed by atoms with Crippen LogP contribution in [0.1, 0.15) is 38.8 Å². The molecule has 39 heavy (non-hydrogen) atoms. The molecule has 0 atom stereocenters. The number of carbonyl (C=O) groups excluding carboxylic acids is 2. The molecule has 0 saturated carbocycles. The lowest BCUT2D eigenvalue weighted by Crippen LogP contribution is -2.15. The van der Waals surface area contributed by atoms with Gasteiger partial charge in [-0.05, 0) is 68.3 Å². The molecule has 0 aliphatic carbocycles. The smallest absolute Gasteiger partial charge is 0.343 e. The number of carbonyl (C=O) groups is 2. The summed E-state index contributed by atoms with van der Waals surface area (Å²) >= 11 is 0. The Labute approximate surface area is 227 Å². The number of rotatable bonds is 8. The molecule has 0 aliphatic rings. The molecular weight excluding hydrogens is 492 g/mol. The van der Waals surface area contributed by atoms with Crippen molar-refractivity contribution in [2.75, 3.05) is 23.8 Å². The zero-order valence-corrected chi connectivity index (χ0v) is 22.1. The molecule has 0 fully saturated rings. The summed E-state index contributed by atoms with van der Waals surface area (Å²) in [7, 11) is 2.00. The Balaban J connectivity index is 1.74. The quantitative estimate of drug-likeness (QED) is 0.142. The van der Waals surface area contributed by atoms with E-state index in [1.165, 1.54) is 0 Å². The molecule has 0 unspecified atom stereocenters. The number of aromatic amines is 1. The predicted octanol–water partition coefficient (Wildman–Crippen LogP) is 7.53. The van der Waals surface area contributed by atoms with Crippen LogP contribution in [0.3, 0.4) is 0 Å². The van der Waals surface area contributed by atoms with Crippen molar-refractivity contribution in [2.24, 2.45) is 10.2 Å². The number of nitrogens with one attached hydrogen (secondary N) is 2. The van der Waals surface area contributed by atoms with Crippen molar-refractivity contribution in [3.8, 4) is 5.88 Å². The fourth-order valence-corrected chi connectivity index (χ4v) is 3.83. The van der Waals surface area contributed by atoms with E-state index >= 15 is 0 Å². The molecule has 1 heterocycles. The maximum Gasteiger partial charge on any atom is 0.343 e. The van der Waals surface area contributed by atoms with E-state index in [2.05, 4.69) is 37.2 Å². The first-order valence-corrected chi connectivity index (χ1v) is 12.3. The van der Waals surface area contributed by atoms with E-state index in [4.69, 9.17) is 11.3 Å². The van der Waals surface area contributed by atoms with E-state index in [-0.39, 0.29) is 22.9 Å². The first-order chi connectivity index (χ1) is 18.8. The van der Waals surface area contributed by atoms with Crippen LogP contribution in [0.2, 0.25) is 0 Å². The van der Waals surface area contributed by atoms with Gasteiger partial charge < -0.3 is 19.9 Å². The van der Waals surface area contributed by atoms with Crippen LogP contribution < -0.4 is 15.0 Å². The predicted molar refractivity (Wildman–Crippen MR) is 152 cm³/mol. The van der Waals surface area contributed by atoms with Crippen LogP contribution in [0, 0.1) is 20.4 Å². The van der Waals surface area contributed by atoms with Gasteiger partial charge >= 0.3 is 5.97 Å². The summed E-state index contributed by atoms with van der Waals surface area (Å²) in [4.78, 5) is 34.6. The van der Waals surface area contributed by atoms with Crippen molar-refractivity contribution in [3.63, 3.8) is 0 Å². The van der Waals surface area contributed by atoms with Crippen molar-refractivity contribution < 1.29 is 14.3 Å².